The Hall–Kier alpha value is -1.88. The molecule has 1 aromatic carbocycles. The lowest BCUT2D eigenvalue weighted by Crippen LogP contribution is -2.17. The number of benzene rings is 1. The highest BCUT2D eigenvalue weighted by Gasteiger charge is 2.15. The normalized spacial score (nSPS) is 11.8. The Balaban J connectivity index is 1.79. The van der Waals surface area contributed by atoms with E-state index in [9.17, 15) is 4.79 Å². The smallest absolute Gasteiger partial charge is 0.319 e. The van der Waals surface area contributed by atoms with Crippen molar-refractivity contribution in [1.29, 1.82) is 0 Å². The number of nitrogens with zero attached hydrogens (tertiary/aromatic N) is 1. The molecule has 0 radical (unpaired) electrons. The van der Waals surface area contributed by atoms with Gasteiger partial charge < -0.3 is 9.47 Å². The van der Waals surface area contributed by atoms with Crippen LogP contribution in [0.3, 0.4) is 0 Å². The first-order valence-electron chi connectivity index (χ1n) is 7.99. The van der Waals surface area contributed by atoms with E-state index in [0.717, 1.165) is 29.8 Å². The summed E-state index contributed by atoms with van der Waals surface area (Å²) in [4.78, 5) is 15.5. The molecule has 1 aromatic heterocycles. The second-order valence-corrected chi connectivity index (χ2v) is 6.55. The van der Waals surface area contributed by atoms with E-state index in [0.29, 0.717) is 13.0 Å². The van der Waals surface area contributed by atoms with Gasteiger partial charge in [-0.1, -0.05) is 41.1 Å². The lowest BCUT2D eigenvalue weighted by Gasteiger charge is -2.09. The molecule has 2 aromatic rings. The van der Waals surface area contributed by atoms with Gasteiger partial charge in [0.05, 0.1) is 13.7 Å². The van der Waals surface area contributed by atoms with E-state index in [1.54, 1.807) is 0 Å². The molecular weight excluding hydrogens is 370 g/mol. The molecule has 0 aliphatic carbocycles. The number of hydrogen-bond acceptors (Lipinski definition) is 4. The van der Waals surface area contributed by atoms with Crippen molar-refractivity contribution in [1.82, 2.24) is 4.98 Å². The molecule has 0 aliphatic rings. The summed E-state index contributed by atoms with van der Waals surface area (Å²) in [6.45, 7) is 2.70. The number of hydrogen-bond donors (Lipinski definition) is 0. The molecule has 0 bridgehead atoms. The van der Waals surface area contributed by atoms with Crippen molar-refractivity contribution in [3.63, 3.8) is 0 Å². The lowest BCUT2D eigenvalue weighted by atomic mass is 10.1. The molecule has 128 valence electrons. The first-order chi connectivity index (χ1) is 11.6. The average molecular weight is 392 g/mol. The SMILES string of the molecule is CCc1ccc(CCOc2ccc(CC(Br)C(=O)OC)cc2)nc1. The Kier molecular flexibility index (Phi) is 7.25. The summed E-state index contributed by atoms with van der Waals surface area (Å²) in [6, 6.07) is 11.9. The predicted molar refractivity (Wildman–Crippen MR) is 97.7 cm³/mol. The average Bonchev–Trinajstić information content (AvgIpc) is 2.63. The fourth-order valence-electron chi connectivity index (χ4n) is 2.23. The number of aromatic nitrogens is 1. The molecule has 2 rings (SSSR count). The molecular formula is C19H22BrNO3. The Morgan fingerprint density at radius 2 is 1.88 bits per heavy atom. The van der Waals surface area contributed by atoms with Gasteiger partial charge in [-0.05, 0) is 42.2 Å². The molecule has 0 fully saturated rings. The van der Waals surface area contributed by atoms with E-state index in [1.807, 2.05) is 36.5 Å². The predicted octanol–water partition coefficient (Wildman–Crippen LogP) is 3.74. The topological polar surface area (TPSA) is 48.4 Å². The molecule has 0 spiro atoms. The summed E-state index contributed by atoms with van der Waals surface area (Å²) in [5, 5.41) is 0. The largest absolute Gasteiger partial charge is 0.493 e. The number of rotatable bonds is 8. The number of halogens is 1. The number of pyridine rings is 1. The van der Waals surface area contributed by atoms with Crippen LogP contribution in [0.1, 0.15) is 23.7 Å². The Morgan fingerprint density at radius 1 is 1.17 bits per heavy atom. The van der Waals surface area contributed by atoms with Crippen molar-refractivity contribution >= 4 is 21.9 Å². The van der Waals surface area contributed by atoms with Crippen LogP contribution in [0, 0.1) is 0 Å². The monoisotopic (exact) mass is 391 g/mol. The maximum atomic E-state index is 11.4. The highest BCUT2D eigenvalue weighted by Crippen LogP contribution is 2.16. The van der Waals surface area contributed by atoms with Crippen molar-refractivity contribution < 1.29 is 14.3 Å². The van der Waals surface area contributed by atoms with Crippen LogP contribution in [-0.4, -0.2) is 29.5 Å². The van der Waals surface area contributed by atoms with Crippen LogP contribution in [-0.2, 0) is 28.8 Å². The third-order valence-electron chi connectivity index (χ3n) is 3.72. The van der Waals surface area contributed by atoms with E-state index < -0.39 is 0 Å². The Labute approximate surface area is 151 Å². The van der Waals surface area contributed by atoms with Crippen LogP contribution in [0.25, 0.3) is 0 Å². The summed E-state index contributed by atoms with van der Waals surface area (Å²) in [5.74, 6) is 0.546. The number of alkyl halides is 1. The van der Waals surface area contributed by atoms with Gasteiger partial charge in [-0.15, -0.1) is 0 Å². The van der Waals surface area contributed by atoms with Crippen LogP contribution >= 0.6 is 15.9 Å². The number of carbonyl (C=O) groups is 1. The van der Waals surface area contributed by atoms with Crippen molar-refractivity contribution in [2.45, 2.75) is 31.0 Å². The molecule has 5 heteroatoms. The number of ether oxygens (including phenoxy) is 2. The summed E-state index contributed by atoms with van der Waals surface area (Å²) in [5.41, 5.74) is 3.32. The zero-order valence-electron chi connectivity index (χ0n) is 14.0. The van der Waals surface area contributed by atoms with E-state index in [4.69, 9.17) is 9.47 Å². The first kappa shape index (κ1) is 18.5. The van der Waals surface area contributed by atoms with Crippen molar-refractivity contribution in [2.75, 3.05) is 13.7 Å². The van der Waals surface area contributed by atoms with E-state index in [2.05, 4.69) is 33.9 Å². The molecule has 1 atom stereocenters. The second-order valence-electron chi connectivity index (χ2n) is 5.45. The van der Waals surface area contributed by atoms with Gasteiger partial charge in [-0.25, -0.2) is 0 Å². The zero-order chi connectivity index (χ0) is 17.4. The third-order valence-corrected chi connectivity index (χ3v) is 4.41. The Bertz CT molecular complexity index is 641. The molecule has 1 heterocycles. The van der Waals surface area contributed by atoms with Crippen LogP contribution < -0.4 is 4.74 Å². The minimum absolute atomic E-state index is 0.267. The molecule has 0 saturated heterocycles. The highest BCUT2D eigenvalue weighted by atomic mass is 79.9. The minimum atomic E-state index is -0.327. The van der Waals surface area contributed by atoms with Gasteiger partial charge in [0, 0.05) is 18.3 Å². The van der Waals surface area contributed by atoms with Crippen molar-refractivity contribution in [3.8, 4) is 5.75 Å². The maximum absolute atomic E-state index is 11.4. The summed E-state index contributed by atoms with van der Waals surface area (Å²) < 4.78 is 10.5. The van der Waals surface area contributed by atoms with Gasteiger partial charge >= 0.3 is 5.97 Å². The number of esters is 1. The maximum Gasteiger partial charge on any atom is 0.319 e. The van der Waals surface area contributed by atoms with Gasteiger partial charge in [0.1, 0.15) is 10.6 Å². The number of methoxy groups -OCH3 is 1. The molecule has 0 amide bonds. The molecule has 0 N–H and O–H groups in total. The minimum Gasteiger partial charge on any atom is -0.493 e. The van der Waals surface area contributed by atoms with E-state index >= 15 is 0 Å². The van der Waals surface area contributed by atoms with Crippen molar-refractivity contribution in [3.05, 3.63) is 59.4 Å². The van der Waals surface area contributed by atoms with Gasteiger partial charge in [0.15, 0.2) is 0 Å². The molecule has 0 saturated carbocycles. The van der Waals surface area contributed by atoms with E-state index in [1.165, 1.54) is 12.7 Å². The zero-order valence-corrected chi connectivity index (χ0v) is 15.6. The number of carbonyl (C=O) groups excluding carboxylic acids is 1. The van der Waals surface area contributed by atoms with Crippen molar-refractivity contribution in [2.24, 2.45) is 0 Å². The van der Waals surface area contributed by atoms with Gasteiger partial charge in [-0.3, -0.25) is 9.78 Å². The fourth-order valence-corrected chi connectivity index (χ4v) is 2.79. The third kappa shape index (κ3) is 5.64. The quantitative estimate of drug-likeness (QED) is 0.507. The summed E-state index contributed by atoms with van der Waals surface area (Å²) >= 11 is 3.32. The Morgan fingerprint density at radius 3 is 2.46 bits per heavy atom. The van der Waals surface area contributed by atoms with Gasteiger partial charge in [0.25, 0.3) is 0 Å². The molecule has 1 unspecified atom stereocenters. The van der Waals surface area contributed by atoms with Gasteiger partial charge in [-0.2, -0.15) is 0 Å². The van der Waals surface area contributed by atoms with Crippen LogP contribution in [0.2, 0.25) is 0 Å². The summed E-state index contributed by atoms with van der Waals surface area (Å²) in [7, 11) is 1.39. The molecule has 0 aliphatic heterocycles. The van der Waals surface area contributed by atoms with Crippen LogP contribution in [0.5, 0.6) is 5.75 Å². The van der Waals surface area contributed by atoms with Crippen LogP contribution in [0.4, 0.5) is 0 Å². The molecule has 24 heavy (non-hydrogen) atoms. The lowest BCUT2D eigenvalue weighted by molar-refractivity contribution is -0.139. The highest BCUT2D eigenvalue weighted by molar-refractivity contribution is 9.10. The van der Waals surface area contributed by atoms with Gasteiger partial charge in [0.2, 0.25) is 0 Å². The standard InChI is InChI=1S/C19H22BrNO3/c1-3-14-4-7-16(21-13-14)10-11-24-17-8-5-15(6-9-17)12-18(20)19(22)23-2/h4-9,13,18H,3,10-12H2,1-2H3. The second kappa shape index (κ2) is 9.42. The van der Waals surface area contributed by atoms with E-state index in [-0.39, 0.29) is 10.8 Å². The molecule has 4 nitrogen and oxygen atoms in total. The fraction of sp³-hybridized carbons (Fsp3) is 0.368. The first-order valence-corrected chi connectivity index (χ1v) is 8.91. The summed E-state index contributed by atoms with van der Waals surface area (Å²) in [6.07, 6.45) is 4.28. The number of aryl methyl sites for hydroxylation is 1. The van der Waals surface area contributed by atoms with Crippen LogP contribution in [0.15, 0.2) is 42.6 Å².